The van der Waals surface area contributed by atoms with E-state index in [1.165, 1.54) is 13.2 Å². The van der Waals surface area contributed by atoms with E-state index in [0.29, 0.717) is 24.3 Å². The molecule has 2 aliphatic rings. The Morgan fingerprint density at radius 1 is 1.39 bits per heavy atom. The summed E-state index contributed by atoms with van der Waals surface area (Å²) in [6.45, 7) is 0.585. The number of hydrogen-bond acceptors (Lipinski definition) is 4. The van der Waals surface area contributed by atoms with Crippen LogP contribution in [0.4, 0.5) is 18.9 Å². The maximum absolute atomic E-state index is 13.3. The summed E-state index contributed by atoms with van der Waals surface area (Å²) >= 11 is 0. The van der Waals surface area contributed by atoms with Gasteiger partial charge in [-0.1, -0.05) is 6.07 Å². The lowest BCUT2D eigenvalue weighted by atomic mass is 10.00. The zero-order valence-corrected chi connectivity index (χ0v) is 12.4. The number of nitrogens with zero attached hydrogens (tertiary/aromatic N) is 1. The Morgan fingerprint density at radius 3 is 2.87 bits per heavy atom. The zero-order chi connectivity index (χ0) is 16.6. The van der Waals surface area contributed by atoms with Crippen molar-refractivity contribution in [2.45, 2.75) is 12.6 Å². The van der Waals surface area contributed by atoms with E-state index in [-0.39, 0.29) is 30.0 Å². The minimum atomic E-state index is -4.48. The first-order valence-electron chi connectivity index (χ1n) is 7.23. The second-order valence-corrected chi connectivity index (χ2v) is 5.60. The van der Waals surface area contributed by atoms with Gasteiger partial charge < -0.3 is 10.1 Å². The quantitative estimate of drug-likeness (QED) is 0.815. The van der Waals surface area contributed by atoms with Crippen molar-refractivity contribution in [2.75, 3.05) is 25.6 Å². The van der Waals surface area contributed by atoms with E-state index in [1.54, 1.807) is 6.07 Å². The first-order valence-corrected chi connectivity index (χ1v) is 7.23. The maximum atomic E-state index is 13.3. The summed E-state index contributed by atoms with van der Waals surface area (Å²) in [5, 5.41) is 6.67. The fraction of sp³-hybridized carbons (Fsp3) is 0.467. The molecule has 5 nitrogen and oxygen atoms in total. The molecule has 1 heterocycles. The molecular weight excluding hydrogens is 311 g/mol. The van der Waals surface area contributed by atoms with Gasteiger partial charge in [-0.2, -0.15) is 18.3 Å². The van der Waals surface area contributed by atoms with Gasteiger partial charge in [-0.3, -0.25) is 4.79 Å². The molecule has 0 radical (unpaired) electrons. The van der Waals surface area contributed by atoms with Crippen molar-refractivity contribution >= 4 is 17.3 Å². The smallest absolute Gasteiger partial charge is 0.383 e. The topological polar surface area (TPSA) is 62.7 Å². The molecule has 3 rings (SSSR count). The molecule has 1 aliphatic heterocycles. The van der Waals surface area contributed by atoms with Gasteiger partial charge in [-0.15, -0.1) is 0 Å². The van der Waals surface area contributed by atoms with Crippen LogP contribution in [-0.2, 0) is 15.7 Å². The van der Waals surface area contributed by atoms with Crippen LogP contribution in [0.2, 0.25) is 0 Å². The second-order valence-electron chi connectivity index (χ2n) is 5.60. The summed E-state index contributed by atoms with van der Waals surface area (Å²) in [6, 6.07) is 4.07. The fourth-order valence-corrected chi connectivity index (χ4v) is 2.73. The first-order chi connectivity index (χ1) is 10.9. The number of hydrogen-bond donors (Lipinski definition) is 2. The number of nitrogens with one attached hydrogen (secondary N) is 2. The minimum Gasteiger partial charge on any atom is -0.383 e. The van der Waals surface area contributed by atoms with Crippen molar-refractivity contribution in [3.63, 3.8) is 0 Å². The molecule has 1 aromatic rings. The van der Waals surface area contributed by atoms with Crippen LogP contribution in [0.3, 0.4) is 0 Å². The van der Waals surface area contributed by atoms with Crippen molar-refractivity contribution in [3.05, 3.63) is 29.3 Å². The summed E-state index contributed by atoms with van der Waals surface area (Å²) in [4.78, 5) is 11.4. The van der Waals surface area contributed by atoms with Gasteiger partial charge in [-0.05, 0) is 24.1 Å². The van der Waals surface area contributed by atoms with Crippen molar-refractivity contribution in [3.8, 4) is 0 Å². The molecule has 8 heteroatoms. The predicted octanol–water partition coefficient (Wildman–Crippen LogP) is 2.23. The standard InChI is InChI=1S/C15H16F3N3O2/c1-23-5-4-19-12-3-2-8(6-11(12)15(16,17)18)13-9-7-10(9)14(22)21-20-13/h2-3,6,9-10,19H,4-5,7H2,1H3,(H,21,22)/t9-,10+/m0/s1. The number of benzene rings is 1. The highest BCUT2D eigenvalue weighted by atomic mass is 19.4. The minimum absolute atomic E-state index is 0.00564. The normalized spacial score (nSPS) is 23.0. The number of carbonyl (C=O) groups excluding carboxylic acids is 1. The van der Waals surface area contributed by atoms with Gasteiger partial charge in [0.15, 0.2) is 0 Å². The lowest BCUT2D eigenvalue weighted by Crippen LogP contribution is -2.29. The lowest BCUT2D eigenvalue weighted by molar-refractivity contribution is -0.137. The average molecular weight is 327 g/mol. The van der Waals surface area contributed by atoms with E-state index in [1.807, 2.05) is 0 Å². The van der Waals surface area contributed by atoms with Gasteiger partial charge >= 0.3 is 6.18 Å². The van der Waals surface area contributed by atoms with Crippen molar-refractivity contribution < 1.29 is 22.7 Å². The number of carbonyl (C=O) groups is 1. The van der Waals surface area contributed by atoms with E-state index < -0.39 is 11.7 Å². The van der Waals surface area contributed by atoms with Gasteiger partial charge in [0.05, 0.1) is 17.9 Å². The highest BCUT2D eigenvalue weighted by Gasteiger charge is 2.49. The largest absolute Gasteiger partial charge is 0.418 e. The third kappa shape index (κ3) is 3.17. The summed E-state index contributed by atoms with van der Waals surface area (Å²) in [5.74, 6) is -0.388. The van der Waals surface area contributed by atoms with E-state index in [4.69, 9.17) is 4.74 Å². The van der Waals surface area contributed by atoms with E-state index in [9.17, 15) is 18.0 Å². The summed E-state index contributed by atoms with van der Waals surface area (Å²) < 4.78 is 44.7. The molecule has 1 saturated carbocycles. The molecule has 1 aliphatic carbocycles. The number of alkyl halides is 3. The molecule has 23 heavy (non-hydrogen) atoms. The number of ether oxygens (including phenoxy) is 1. The van der Waals surface area contributed by atoms with Crippen molar-refractivity contribution in [1.29, 1.82) is 0 Å². The van der Waals surface area contributed by atoms with Crippen LogP contribution in [0, 0.1) is 11.8 Å². The van der Waals surface area contributed by atoms with E-state index in [2.05, 4.69) is 15.8 Å². The fourth-order valence-electron chi connectivity index (χ4n) is 2.73. The third-order valence-corrected chi connectivity index (χ3v) is 4.01. The number of anilines is 1. The average Bonchev–Trinajstić information content (AvgIpc) is 3.29. The molecule has 0 spiro atoms. The maximum Gasteiger partial charge on any atom is 0.418 e. The molecule has 1 fully saturated rings. The van der Waals surface area contributed by atoms with Crippen LogP contribution in [0.25, 0.3) is 0 Å². The van der Waals surface area contributed by atoms with E-state index >= 15 is 0 Å². The number of halogens is 3. The zero-order valence-electron chi connectivity index (χ0n) is 12.4. The molecule has 0 bridgehead atoms. The van der Waals surface area contributed by atoms with Gasteiger partial charge in [-0.25, -0.2) is 5.43 Å². The number of amides is 1. The van der Waals surface area contributed by atoms with Gasteiger partial charge in [0.2, 0.25) is 5.91 Å². The monoisotopic (exact) mass is 327 g/mol. The Balaban J connectivity index is 1.90. The van der Waals surface area contributed by atoms with Crippen LogP contribution in [0.1, 0.15) is 17.5 Å². The van der Waals surface area contributed by atoms with Crippen LogP contribution in [-0.4, -0.2) is 31.9 Å². The molecular formula is C15H16F3N3O2. The van der Waals surface area contributed by atoms with Crippen LogP contribution >= 0.6 is 0 Å². The molecule has 1 aromatic carbocycles. The van der Waals surface area contributed by atoms with Gasteiger partial charge in [0.1, 0.15) is 0 Å². The first kappa shape index (κ1) is 15.8. The predicted molar refractivity (Wildman–Crippen MR) is 78.1 cm³/mol. The number of rotatable bonds is 5. The van der Waals surface area contributed by atoms with Crippen LogP contribution in [0.15, 0.2) is 23.3 Å². The van der Waals surface area contributed by atoms with Crippen LogP contribution in [0.5, 0.6) is 0 Å². The molecule has 124 valence electrons. The summed E-state index contributed by atoms with van der Waals surface area (Å²) in [5.41, 5.74) is 2.54. The number of methoxy groups -OCH3 is 1. The van der Waals surface area contributed by atoms with E-state index in [0.717, 1.165) is 6.07 Å². The molecule has 2 N–H and O–H groups in total. The highest BCUT2D eigenvalue weighted by Crippen LogP contribution is 2.44. The molecule has 2 atom stereocenters. The Bertz CT molecular complexity index is 658. The summed E-state index contributed by atoms with van der Waals surface area (Å²) in [7, 11) is 1.48. The Kier molecular flexibility index (Phi) is 4.01. The second kappa shape index (κ2) is 5.84. The third-order valence-electron chi connectivity index (χ3n) is 4.01. The van der Waals surface area contributed by atoms with Crippen LogP contribution < -0.4 is 10.7 Å². The number of hydrazone groups is 1. The molecule has 0 unspecified atom stereocenters. The van der Waals surface area contributed by atoms with Gasteiger partial charge in [0.25, 0.3) is 0 Å². The van der Waals surface area contributed by atoms with Gasteiger partial charge in [0, 0.05) is 31.2 Å². The Labute approximate surface area is 130 Å². The lowest BCUT2D eigenvalue weighted by Gasteiger charge is -2.17. The Hall–Kier alpha value is -2.09. The highest BCUT2D eigenvalue weighted by molar-refractivity contribution is 6.09. The molecule has 1 amide bonds. The number of fused-ring (bicyclic) bond motifs is 1. The van der Waals surface area contributed by atoms with Crippen molar-refractivity contribution in [2.24, 2.45) is 16.9 Å². The Morgan fingerprint density at radius 2 is 2.17 bits per heavy atom. The molecule has 0 saturated heterocycles. The van der Waals surface area contributed by atoms with Crippen molar-refractivity contribution in [1.82, 2.24) is 5.43 Å². The molecule has 0 aromatic heterocycles. The SMILES string of the molecule is COCCNc1ccc(C2=NNC(=O)[C@@H]3C[C@H]23)cc1C(F)(F)F. The summed E-state index contributed by atoms with van der Waals surface area (Å²) in [6.07, 6.45) is -3.84.